The van der Waals surface area contributed by atoms with Gasteiger partial charge in [-0.2, -0.15) is 0 Å². The van der Waals surface area contributed by atoms with Crippen molar-refractivity contribution in [3.05, 3.63) is 0 Å². The fourth-order valence-electron chi connectivity index (χ4n) is 2.14. The van der Waals surface area contributed by atoms with Gasteiger partial charge in [0.05, 0.1) is 6.61 Å². The molecule has 2 fully saturated rings. The first-order chi connectivity index (χ1) is 7.74. The second-order valence-corrected chi connectivity index (χ2v) is 5.14. The molecule has 2 saturated carbocycles. The number of rotatable bonds is 5. The Morgan fingerprint density at radius 3 is 2.50 bits per heavy atom. The Hall–Kier alpha value is -0.610. The largest absolute Gasteiger partial charge is 0.371 e. The van der Waals surface area contributed by atoms with E-state index in [1.54, 1.807) is 0 Å². The molecule has 92 valence electrons. The summed E-state index contributed by atoms with van der Waals surface area (Å²) in [5.74, 6) is 0.751. The minimum atomic E-state index is 0.0288. The molecule has 4 nitrogen and oxygen atoms in total. The minimum Gasteiger partial charge on any atom is -0.371 e. The maximum absolute atomic E-state index is 11.5. The molecule has 0 aliphatic heterocycles. The molecule has 0 bridgehead atoms. The van der Waals surface area contributed by atoms with E-state index in [2.05, 4.69) is 5.32 Å². The van der Waals surface area contributed by atoms with Crippen molar-refractivity contribution in [2.75, 3.05) is 13.2 Å². The van der Waals surface area contributed by atoms with E-state index in [0.29, 0.717) is 12.1 Å². The summed E-state index contributed by atoms with van der Waals surface area (Å²) >= 11 is 0. The standard InChI is InChI=1S/C12H22N2O2/c13-10-3-5-11(6-4-10)14-12(15)8-16-7-9-1-2-9/h9-11H,1-8,13H2,(H,14,15). The van der Waals surface area contributed by atoms with Crippen LogP contribution in [0.2, 0.25) is 0 Å². The molecule has 0 aromatic rings. The molecule has 4 heteroatoms. The lowest BCUT2D eigenvalue weighted by Gasteiger charge is -2.26. The van der Waals surface area contributed by atoms with Gasteiger partial charge in [-0.1, -0.05) is 0 Å². The van der Waals surface area contributed by atoms with Crippen LogP contribution < -0.4 is 11.1 Å². The summed E-state index contributed by atoms with van der Waals surface area (Å²) in [5, 5.41) is 3.01. The van der Waals surface area contributed by atoms with Crippen molar-refractivity contribution in [3.8, 4) is 0 Å². The van der Waals surface area contributed by atoms with Gasteiger partial charge in [0.2, 0.25) is 5.91 Å². The van der Waals surface area contributed by atoms with Crippen molar-refractivity contribution >= 4 is 5.91 Å². The molecule has 0 atom stereocenters. The number of ether oxygens (including phenoxy) is 1. The molecule has 1 amide bonds. The fourth-order valence-corrected chi connectivity index (χ4v) is 2.14. The van der Waals surface area contributed by atoms with Crippen LogP contribution in [0.1, 0.15) is 38.5 Å². The molecule has 2 aliphatic rings. The molecule has 0 radical (unpaired) electrons. The van der Waals surface area contributed by atoms with E-state index in [9.17, 15) is 4.79 Å². The highest BCUT2D eigenvalue weighted by Crippen LogP contribution is 2.28. The van der Waals surface area contributed by atoms with E-state index in [4.69, 9.17) is 10.5 Å². The Balaban J connectivity index is 1.55. The van der Waals surface area contributed by atoms with Gasteiger partial charge >= 0.3 is 0 Å². The van der Waals surface area contributed by atoms with Crippen molar-refractivity contribution < 1.29 is 9.53 Å². The van der Waals surface area contributed by atoms with Crippen LogP contribution in [0.4, 0.5) is 0 Å². The van der Waals surface area contributed by atoms with Crippen molar-refractivity contribution in [1.82, 2.24) is 5.32 Å². The highest BCUT2D eigenvalue weighted by Gasteiger charge is 2.22. The molecule has 0 aromatic carbocycles. The Morgan fingerprint density at radius 1 is 1.19 bits per heavy atom. The van der Waals surface area contributed by atoms with Crippen molar-refractivity contribution in [3.63, 3.8) is 0 Å². The van der Waals surface area contributed by atoms with Gasteiger partial charge in [-0.25, -0.2) is 0 Å². The number of carbonyl (C=O) groups is 1. The molecule has 0 unspecified atom stereocenters. The van der Waals surface area contributed by atoms with Gasteiger partial charge < -0.3 is 15.8 Å². The predicted molar refractivity (Wildman–Crippen MR) is 61.9 cm³/mol. The highest BCUT2D eigenvalue weighted by atomic mass is 16.5. The lowest BCUT2D eigenvalue weighted by Crippen LogP contribution is -2.41. The van der Waals surface area contributed by atoms with E-state index in [1.807, 2.05) is 0 Å². The third-order valence-corrected chi connectivity index (χ3v) is 3.42. The average Bonchev–Trinajstić information content (AvgIpc) is 3.05. The zero-order valence-corrected chi connectivity index (χ0v) is 9.78. The number of nitrogens with two attached hydrogens (primary N) is 1. The summed E-state index contributed by atoms with van der Waals surface area (Å²) in [5.41, 5.74) is 5.81. The molecule has 2 rings (SSSR count). The number of hydrogen-bond acceptors (Lipinski definition) is 3. The summed E-state index contributed by atoms with van der Waals surface area (Å²) in [4.78, 5) is 11.5. The summed E-state index contributed by atoms with van der Waals surface area (Å²) in [6, 6.07) is 0.649. The van der Waals surface area contributed by atoms with E-state index in [0.717, 1.165) is 38.2 Å². The molecular formula is C12H22N2O2. The number of nitrogens with one attached hydrogen (secondary N) is 1. The second-order valence-electron chi connectivity index (χ2n) is 5.14. The maximum atomic E-state index is 11.5. The van der Waals surface area contributed by atoms with E-state index in [-0.39, 0.29) is 12.5 Å². The predicted octanol–water partition coefficient (Wildman–Crippen LogP) is 0.799. The van der Waals surface area contributed by atoms with Crippen LogP contribution in [-0.2, 0) is 9.53 Å². The van der Waals surface area contributed by atoms with E-state index >= 15 is 0 Å². The van der Waals surface area contributed by atoms with E-state index in [1.165, 1.54) is 12.8 Å². The van der Waals surface area contributed by atoms with Crippen LogP contribution in [0.3, 0.4) is 0 Å². The smallest absolute Gasteiger partial charge is 0.246 e. The van der Waals surface area contributed by atoms with Gasteiger partial charge in [0.25, 0.3) is 0 Å². The summed E-state index contributed by atoms with van der Waals surface area (Å²) in [6.07, 6.45) is 6.59. The van der Waals surface area contributed by atoms with Gasteiger partial charge in [0.1, 0.15) is 6.61 Å². The van der Waals surface area contributed by atoms with Crippen LogP contribution in [0.25, 0.3) is 0 Å². The maximum Gasteiger partial charge on any atom is 0.246 e. The number of carbonyl (C=O) groups excluding carboxylic acids is 1. The average molecular weight is 226 g/mol. The topological polar surface area (TPSA) is 64.3 Å². The Kier molecular flexibility index (Phi) is 4.18. The lowest BCUT2D eigenvalue weighted by molar-refractivity contribution is -0.126. The molecule has 3 N–H and O–H groups in total. The van der Waals surface area contributed by atoms with Gasteiger partial charge in [0, 0.05) is 12.1 Å². The first kappa shape index (κ1) is 11.9. The van der Waals surface area contributed by atoms with Gasteiger partial charge in [0.15, 0.2) is 0 Å². The third kappa shape index (κ3) is 4.10. The van der Waals surface area contributed by atoms with Crippen LogP contribution in [0, 0.1) is 5.92 Å². The van der Waals surface area contributed by atoms with Crippen LogP contribution in [0.5, 0.6) is 0 Å². The monoisotopic (exact) mass is 226 g/mol. The minimum absolute atomic E-state index is 0.0288. The Morgan fingerprint density at radius 2 is 1.88 bits per heavy atom. The van der Waals surface area contributed by atoms with Crippen LogP contribution >= 0.6 is 0 Å². The summed E-state index contributed by atoms with van der Waals surface area (Å²) < 4.78 is 5.35. The summed E-state index contributed by atoms with van der Waals surface area (Å²) in [7, 11) is 0. The molecule has 2 aliphatic carbocycles. The molecule has 0 aromatic heterocycles. The normalized spacial score (nSPS) is 30.1. The van der Waals surface area contributed by atoms with Crippen molar-refractivity contribution in [1.29, 1.82) is 0 Å². The molecule has 16 heavy (non-hydrogen) atoms. The van der Waals surface area contributed by atoms with Crippen LogP contribution in [0.15, 0.2) is 0 Å². The molecule has 0 spiro atoms. The quantitative estimate of drug-likeness (QED) is 0.728. The SMILES string of the molecule is NC1CCC(NC(=O)COCC2CC2)CC1. The number of amides is 1. The fraction of sp³-hybridized carbons (Fsp3) is 0.917. The first-order valence-corrected chi connectivity index (χ1v) is 6.36. The first-order valence-electron chi connectivity index (χ1n) is 6.36. The molecule has 0 heterocycles. The highest BCUT2D eigenvalue weighted by molar-refractivity contribution is 5.77. The zero-order chi connectivity index (χ0) is 11.4. The van der Waals surface area contributed by atoms with Gasteiger partial charge in [-0.15, -0.1) is 0 Å². The van der Waals surface area contributed by atoms with Gasteiger partial charge in [-0.05, 0) is 44.4 Å². The third-order valence-electron chi connectivity index (χ3n) is 3.42. The molecular weight excluding hydrogens is 204 g/mol. The van der Waals surface area contributed by atoms with Gasteiger partial charge in [-0.3, -0.25) is 4.79 Å². The number of hydrogen-bond donors (Lipinski definition) is 2. The Bertz CT molecular complexity index is 233. The zero-order valence-electron chi connectivity index (χ0n) is 9.78. The summed E-state index contributed by atoms with van der Waals surface area (Å²) in [6.45, 7) is 0.974. The second kappa shape index (κ2) is 5.64. The van der Waals surface area contributed by atoms with Crippen molar-refractivity contribution in [2.24, 2.45) is 11.7 Å². The molecule has 0 saturated heterocycles. The van der Waals surface area contributed by atoms with Crippen LogP contribution in [-0.4, -0.2) is 31.2 Å². The van der Waals surface area contributed by atoms with E-state index < -0.39 is 0 Å². The van der Waals surface area contributed by atoms with Crippen molar-refractivity contribution in [2.45, 2.75) is 50.6 Å². The lowest BCUT2D eigenvalue weighted by atomic mass is 9.92. The Labute approximate surface area is 96.9 Å².